The van der Waals surface area contributed by atoms with Gasteiger partial charge in [-0.05, 0) is 38.8 Å². The van der Waals surface area contributed by atoms with Crippen molar-refractivity contribution in [1.82, 2.24) is 20.0 Å². The van der Waals surface area contributed by atoms with Crippen LogP contribution < -0.4 is 0 Å². The highest BCUT2D eigenvalue weighted by molar-refractivity contribution is 5.65. The van der Waals surface area contributed by atoms with Gasteiger partial charge in [-0.2, -0.15) is 4.98 Å². The summed E-state index contributed by atoms with van der Waals surface area (Å²) >= 11 is 0. The predicted molar refractivity (Wildman–Crippen MR) is 84.4 cm³/mol. The van der Waals surface area contributed by atoms with E-state index in [0.717, 1.165) is 11.3 Å². The molecule has 8 heteroatoms. The number of hydrogen-bond donors (Lipinski definition) is 1. The quantitative estimate of drug-likeness (QED) is 0.918. The van der Waals surface area contributed by atoms with Crippen LogP contribution in [0.3, 0.4) is 0 Å². The normalized spacial score (nSPS) is 17.0. The number of aryl methyl sites for hydroxylation is 1. The number of carboxylic acid groups (broad SMARTS) is 1. The Morgan fingerprint density at radius 2 is 2.21 bits per heavy atom. The smallest absolute Gasteiger partial charge is 0.407 e. The Morgan fingerprint density at radius 1 is 1.46 bits per heavy atom. The summed E-state index contributed by atoms with van der Waals surface area (Å²) in [5.41, 5.74) is 1.73. The summed E-state index contributed by atoms with van der Waals surface area (Å²) in [6.07, 6.45) is 1.82. The van der Waals surface area contributed by atoms with Gasteiger partial charge in [-0.1, -0.05) is 5.16 Å². The van der Waals surface area contributed by atoms with Gasteiger partial charge in [0.15, 0.2) is 0 Å². The molecule has 24 heavy (non-hydrogen) atoms. The summed E-state index contributed by atoms with van der Waals surface area (Å²) in [7, 11) is 0. The molecular weight excluding hydrogens is 312 g/mol. The lowest BCUT2D eigenvalue weighted by Crippen LogP contribution is -2.40. The van der Waals surface area contributed by atoms with Crippen molar-refractivity contribution >= 4 is 6.09 Å². The van der Waals surface area contributed by atoms with Gasteiger partial charge in [-0.3, -0.25) is 4.98 Å². The molecule has 0 saturated carbocycles. The zero-order valence-electron chi connectivity index (χ0n) is 13.7. The van der Waals surface area contributed by atoms with E-state index in [1.807, 2.05) is 26.0 Å². The zero-order chi connectivity index (χ0) is 17.1. The minimum atomic E-state index is -0.879. The van der Waals surface area contributed by atoms with Crippen LogP contribution in [0.4, 0.5) is 4.79 Å². The number of piperidine rings is 1. The summed E-state index contributed by atoms with van der Waals surface area (Å²) in [5.74, 6) is 0.923. The van der Waals surface area contributed by atoms with E-state index < -0.39 is 6.09 Å². The van der Waals surface area contributed by atoms with Crippen LogP contribution in [0.25, 0.3) is 11.4 Å². The first-order valence-electron chi connectivity index (χ1n) is 7.93. The van der Waals surface area contributed by atoms with E-state index >= 15 is 0 Å². The van der Waals surface area contributed by atoms with Gasteiger partial charge < -0.3 is 19.3 Å². The molecule has 128 valence electrons. The first-order valence-corrected chi connectivity index (χ1v) is 7.93. The Kier molecular flexibility index (Phi) is 4.75. The van der Waals surface area contributed by atoms with Crippen LogP contribution in [0, 0.1) is 6.92 Å². The van der Waals surface area contributed by atoms with Gasteiger partial charge >= 0.3 is 6.09 Å². The molecule has 1 N–H and O–H groups in total. The molecule has 1 saturated heterocycles. The van der Waals surface area contributed by atoms with E-state index in [4.69, 9.17) is 14.4 Å². The highest BCUT2D eigenvalue weighted by Gasteiger charge is 2.26. The fourth-order valence-electron chi connectivity index (χ4n) is 2.73. The van der Waals surface area contributed by atoms with E-state index in [2.05, 4.69) is 15.1 Å². The molecule has 0 spiro atoms. The molecule has 0 bridgehead atoms. The molecule has 1 aliphatic heterocycles. The second-order valence-corrected chi connectivity index (χ2v) is 5.89. The van der Waals surface area contributed by atoms with Crippen molar-refractivity contribution in [2.45, 2.75) is 38.9 Å². The van der Waals surface area contributed by atoms with Crippen molar-refractivity contribution < 1.29 is 19.2 Å². The Labute approximate surface area is 139 Å². The Balaban J connectivity index is 1.60. The van der Waals surface area contributed by atoms with Crippen LogP contribution in [0.5, 0.6) is 0 Å². The molecule has 3 heterocycles. The minimum Gasteiger partial charge on any atom is -0.465 e. The van der Waals surface area contributed by atoms with Crippen molar-refractivity contribution in [3.05, 3.63) is 29.9 Å². The second-order valence-electron chi connectivity index (χ2n) is 5.89. The van der Waals surface area contributed by atoms with Gasteiger partial charge in [0, 0.05) is 30.5 Å². The average Bonchev–Trinajstić information content (AvgIpc) is 3.05. The van der Waals surface area contributed by atoms with Gasteiger partial charge in [0.05, 0.1) is 6.10 Å². The van der Waals surface area contributed by atoms with Crippen molar-refractivity contribution in [1.29, 1.82) is 0 Å². The molecule has 2 aromatic rings. The number of hydrogen-bond acceptors (Lipinski definition) is 6. The molecule has 3 rings (SSSR count). The maximum atomic E-state index is 10.9. The summed E-state index contributed by atoms with van der Waals surface area (Å²) in [6, 6.07) is 3.72. The lowest BCUT2D eigenvalue weighted by Gasteiger charge is -2.30. The molecular formula is C16H20N4O4. The molecule has 0 unspecified atom stereocenters. The lowest BCUT2D eigenvalue weighted by atomic mass is 10.1. The average molecular weight is 332 g/mol. The largest absolute Gasteiger partial charge is 0.465 e. The molecule has 1 amide bonds. The summed E-state index contributed by atoms with van der Waals surface area (Å²) in [5, 5.41) is 13.0. The lowest BCUT2D eigenvalue weighted by molar-refractivity contribution is -0.0451. The van der Waals surface area contributed by atoms with Gasteiger partial charge in [-0.15, -0.1) is 0 Å². The van der Waals surface area contributed by atoms with Gasteiger partial charge in [-0.25, -0.2) is 4.79 Å². The Hall–Kier alpha value is -2.48. The summed E-state index contributed by atoms with van der Waals surface area (Å²) in [6.45, 7) is 4.73. The van der Waals surface area contributed by atoms with Crippen LogP contribution in [-0.4, -0.2) is 50.4 Å². The molecule has 0 radical (unpaired) electrons. The van der Waals surface area contributed by atoms with Crippen molar-refractivity contribution in [2.75, 3.05) is 13.1 Å². The fraction of sp³-hybridized carbons (Fsp3) is 0.500. The Morgan fingerprint density at radius 3 is 2.88 bits per heavy atom. The molecule has 1 fully saturated rings. The van der Waals surface area contributed by atoms with Gasteiger partial charge in [0.1, 0.15) is 6.10 Å². The number of rotatable bonds is 4. The molecule has 1 aliphatic rings. The van der Waals surface area contributed by atoms with E-state index in [9.17, 15) is 4.79 Å². The molecule has 2 aromatic heterocycles. The van der Waals surface area contributed by atoms with Crippen LogP contribution in [0.2, 0.25) is 0 Å². The maximum absolute atomic E-state index is 10.9. The summed E-state index contributed by atoms with van der Waals surface area (Å²) < 4.78 is 11.3. The highest BCUT2D eigenvalue weighted by atomic mass is 16.5. The van der Waals surface area contributed by atoms with Gasteiger partial charge in [0.2, 0.25) is 5.82 Å². The summed E-state index contributed by atoms with van der Waals surface area (Å²) in [4.78, 5) is 20.9. The third-order valence-electron chi connectivity index (χ3n) is 4.05. The van der Waals surface area contributed by atoms with E-state index in [1.54, 1.807) is 6.20 Å². The molecule has 8 nitrogen and oxygen atoms in total. The van der Waals surface area contributed by atoms with Crippen molar-refractivity contribution in [2.24, 2.45) is 0 Å². The molecule has 0 aromatic carbocycles. The van der Waals surface area contributed by atoms with Gasteiger partial charge in [0.25, 0.3) is 5.89 Å². The SMILES string of the molecule is Cc1cc(-c2noc([C@@H](C)OC3CCN(C(=O)O)CC3)n2)ccn1. The number of nitrogens with zero attached hydrogens (tertiary/aromatic N) is 4. The number of amides is 1. The van der Waals surface area contributed by atoms with Crippen molar-refractivity contribution in [3.8, 4) is 11.4 Å². The topological polar surface area (TPSA) is 102 Å². The third kappa shape index (κ3) is 3.70. The number of carbonyl (C=O) groups is 1. The van der Waals surface area contributed by atoms with E-state index in [0.29, 0.717) is 37.6 Å². The van der Waals surface area contributed by atoms with Crippen molar-refractivity contribution in [3.63, 3.8) is 0 Å². The second kappa shape index (κ2) is 6.96. The first-order chi connectivity index (χ1) is 11.5. The Bertz CT molecular complexity index is 710. The zero-order valence-corrected chi connectivity index (χ0v) is 13.7. The third-order valence-corrected chi connectivity index (χ3v) is 4.05. The fourth-order valence-corrected chi connectivity index (χ4v) is 2.73. The predicted octanol–water partition coefficient (Wildman–Crippen LogP) is 2.66. The highest BCUT2D eigenvalue weighted by Crippen LogP contribution is 2.24. The molecule has 0 aliphatic carbocycles. The first kappa shape index (κ1) is 16.4. The van der Waals surface area contributed by atoms with Crippen LogP contribution in [0.15, 0.2) is 22.9 Å². The molecule has 1 atom stereocenters. The minimum absolute atomic E-state index is 0.00544. The maximum Gasteiger partial charge on any atom is 0.407 e. The van der Waals surface area contributed by atoms with Crippen LogP contribution >= 0.6 is 0 Å². The monoisotopic (exact) mass is 332 g/mol. The number of aromatic nitrogens is 3. The number of ether oxygens (including phenoxy) is 1. The van der Waals surface area contributed by atoms with Crippen LogP contribution in [0.1, 0.15) is 37.5 Å². The number of pyridine rings is 1. The van der Waals surface area contributed by atoms with Crippen LogP contribution in [-0.2, 0) is 4.74 Å². The standard InChI is InChI=1S/C16H20N4O4/c1-10-9-12(3-6-17-10)14-18-15(24-19-14)11(2)23-13-4-7-20(8-5-13)16(21)22/h3,6,9,11,13H,4-5,7-8H2,1-2H3,(H,21,22)/t11-/m1/s1. The van der Waals surface area contributed by atoms with E-state index in [1.165, 1.54) is 4.90 Å². The van der Waals surface area contributed by atoms with E-state index in [-0.39, 0.29) is 12.2 Å². The number of likely N-dealkylation sites (tertiary alicyclic amines) is 1.